The predicted octanol–water partition coefficient (Wildman–Crippen LogP) is 3.00. The number of fused-ring (bicyclic) bond motifs is 5. The number of ketones is 1. The minimum Gasteiger partial charge on any atom is -0.463 e. The van der Waals surface area contributed by atoms with Gasteiger partial charge in [-0.05, 0) is 67.5 Å². The third-order valence-corrected chi connectivity index (χ3v) is 11.2. The molecule has 3 saturated carbocycles. The number of nitriles is 1. The Labute approximate surface area is 253 Å². The maximum Gasteiger partial charge on any atom is 0.330 e. The lowest BCUT2D eigenvalue weighted by atomic mass is 9.47. The summed E-state index contributed by atoms with van der Waals surface area (Å²) in [6, 6.07) is 1.60. The number of aryl methyl sites for hydroxylation is 1. The van der Waals surface area contributed by atoms with Crippen LogP contribution in [0.2, 0.25) is 0 Å². The highest BCUT2D eigenvalue weighted by Gasteiger charge is 2.65. The first-order valence-corrected chi connectivity index (χ1v) is 15.1. The van der Waals surface area contributed by atoms with E-state index in [1.807, 2.05) is 13.0 Å². The molecule has 13 nitrogen and oxygen atoms in total. The standard InChI is InChI=1S/C31H36N6O7/c1-15-13-37(29(42)34-27(15)40)24-10-21(35-36-33)23(44-24)14-43-28(41)25-16(12-32)8-20-19-5-4-17-9-18(38)6-7-30(17,2)26(19)22(39)11-31(20,25)3/h6-7,9,13,16,19-26,39H,4-5,8,10-11,14H2,1-3H3,(H,34,40,42)/t16-,19+,20?,21?,22+,23?,24?,25-,26?,30+,31+/m1/s1. The van der Waals surface area contributed by atoms with Crippen LogP contribution in [0, 0.1) is 58.7 Å². The van der Waals surface area contributed by atoms with E-state index >= 15 is 0 Å². The molecule has 13 heteroatoms. The van der Waals surface area contributed by atoms with Crippen LogP contribution in [-0.2, 0) is 19.1 Å². The summed E-state index contributed by atoms with van der Waals surface area (Å²) in [7, 11) is 0. The number of aliphatic hydroxyl groups excluding tert-OH is 1. The van der Waals surface area contributed by atoms with E-state index in [-0.39, 0.29) is 36.6 Å². The molecule has 44 heavy (non-hydrogen) atoms. The first-order valence-electron chi connectivity index (χ1n) is 15.1. The number of carbonyl (C=O) groups is 2. The number of ether oxygens (including phenoxy) is 2. The molecule has 5 unspecified atom stereocenters. The van der Waals surface area contributed by atoms with Gasteiger partial charge in [0, 0.05) is 34.4 Å². The van der Waals surface area contributed by atoms with Crippen LogP contribution in [0.3, 0.4) is 0 Å². The molecular weight excluding hydrogens is 568 g/mol. The van der Waals surface area contributed by atoms with Crippen molar-refractivity contribution in [3.05, 3.63) is 66.8 Å². The molecule has 1 aliphatic heterocycles. The second kappa shape index (κ2) is 10.9. The Hall–Kier alpha value is -3.98. The summed E-state index contributed by atoms with van der Waals surface area (Å²) in [4.78, 5) is 55.3. The Morgan fingerprint density at radius 2 is 2.11 bits per heavy atom. The molecule has 232 valence electrons. The lowest BCUT2D eigenvalue weighted by molar-refractivity contribution is -0.166. The third kappa shape index (κ3) is 4.64. The van der Waals surface area contributed by atoms with Gasteiger partial charge in [-0.1, -0.05) is 30.6 Å². The van der Waals surface area contributed by atoms with Gasteiger partial charge in [-0.2, -0.15) is 5.26 Å². The summed E-state index contributed by atoms with van der Waals surface area (Å²) in [6.07, 6.45) is 6.57. The zero-order chi connectivity index (χ0) is 31.6. The molecule has 0 aromatic carbocycles. The van der Waals surface area contributed by atoms with E-state index in [4.69, 9.17) is 15.0 Å². The van der Waals surface area contributed by atoms with E-state index in [1.165, 1.54) is 10.8 Å². The van der Waals surface area contributed by atoms with Crippen LogP contribution in [0.25, 0.3) is 10.4 Å². The van der Waals surface area contributed by atoms with Crippen molar-refractivity contribution >= 4 is 11.8 Å². The van der Waals surface area contributed by atoms with Crippen LogP contribution < -0.4 is 11.2 Å². The van der Waals surface area contributed by atoms with Crippen LogP contribution in [0.4, 0.5) is 0 Å². The normalized spacial score (nSPS) is 40.6. The maximum atomic E-state index is 13.8. The molecule has 1 aromatic heterocycles. The zero-order valence-electron chi connectivity index (χ0n) is 24.9. The second-order valence-electron chi connectivity index (χ2n) is 13.5. The lowest BCUT2D eigenvalue weighted by Crippen LogP contribution is -2.56. The molecule has 4 fully saturated rings. The van der Waals surface area contributed by atoms with E-state index in [0.29, 0.717) is 18.4 Å². The van der Waals surface area contributed by atoms with Gasteiger partial charge >= 0.3 is 11.7 Å². The summed E-state index contributed by atoms with van der Waals surface area (Å²) >= 11 is 0. The molecule has 6 rings (SSSR count). The average molecular weight is 605 g/mol. The Morgan fingerprint density at radius 1 is 1.34 bits per heavy atom. The van der Waals surface area contributed by atoms with E-state index in [0.717, 1.165) is 18.4 Å². The van der Waals surface area contributed by atoms with Crippen LogP contribution >= 0.6 is 0 Å². The number of nitrogens with zero attached hydrogens (tertiary/aromatic N) is 5. The summed E-state index contributed by atoms with van der Waals surface area (Å²) in [6.45, 7) is 5.34. The Kier molecular flexibility index (Phi) is 7.43. The number of aromatic nitrogens is 2. The van der Waals surface area contributed by atoms with E-state index < -0.39 is 64.4 Å². The average Bonchev–Trinajstić information content (AvgIpc) is 3.51. The van der Waals surface area contributed by atoms with Gasteiger partial charge < -0.3 is 14.6 Å². The van der Waals surface area contributed by atoms with Crippen molar-refractivity contribution in [1.82, 2.24) is 9.55 Å². The van der Waals surface area contributed by atoms with Gasteiger partial charge in [0.05, 0.1) is 30.1 Å². The fourth-order valence-electron chi connectivity index (χ4n) is 9.21. The highest BCUT2D eigenvalue weighted by atomic mass is 16.6. The number of esters is 1. The number of azide groups is 1. The molecule has 0 spiro atoms. The Balaban J connectivity index is 1.21. The van der Waals surface area contributed by atoms with Crippen molar-refractivity contribution in [1.29, 1.82) is 5.26 Å². The molecule has 1 aromatic rings. The molecule has 4 aliphatic carbocycles. The number of hydrogen-bond donors (Lipinski definition) is 2. The fourth-order valence-corrected chi connectivity index (χ4v) is 9.21. The fraction of sp³-hybridized carbons (Fsp3) is 0.645. The topological polar surface area (TPSA) is 200 Å². The molecule has 2 heterocycles. The highest BCUT2D eigenvalue weighted by molar-refractivity contribution is 6.01. The van der Waals surface area contributed by atoms with Gasteiger partial charge in [0.25, 0.3) is 5.56 Å². The van der Waals surface area contributed by atoms with E-state index in [1.54, 1.807) is 19.1 Å². The minimum absolute atomic E-state index is 0.000836. The summed E-state index contributed by atoms with van der Waals surface area (Å²) in [5.74, 6) is -2.06. The Bertz CT molecular complexity index is 1670. The predicted molar refractivity (Wildman–Crippen MR) is 154 cm³/mol. The number of carbonyl (C=O) groups excluding carboxylic acids is 2. The van der Waals surface area contributed by atoms with Crippen LogP contribution in [0.1, 0.15) is 57.7 Å². The number of nitrogens with one attached hydrogen (secondary N) is 1. The molecule has 5 aliphatic rings. The van der Waals surface area contributed by atoms with Crippen molar-refractivity contribution in [2.24, 2.45) is 45.5 Å². The lowest BCUT2D eigenvalue weighted by Gasteiger charge is -2.58. The Morgan fingerprint density at radius 3 is 2.84 bits per heavy atom. The van der Waals surface area contributed by atoms with Gasteiger partial charge in [0.2, 0.25) is 0 Å². The smallest absolute Gasteiger partial charge is 0.330 e. The number of rotatable bonds is 5. The van der Waals surface area contributed by atoms with E-state index in [2.05, 4.69) is 28.0 Å². The van der Waals surface area contributed by atoms with Gasteiger partial charge in [-0.15, -0.1) is 0 Å². The molecule has 0 bridgehead atoms. The molecule has 2 N–H and O–H groups in total. The van der Waals surface area contributed by atoms with Crippen LogP contribution in [-0.4, -0.2) is 51.3 Å². The molecule has 0 radical (unpaired) electrons. The first-order chi connectivity index (χ1) is 20.9. The zero-order valence-corrected chi connectivity index (χ0v) is 24.9. The summed E-state index contributed by atoms with van der Waals surface area (Å²) < 4.78 is 13.0. The second-order valence-corrected chi connectivity index (χ2v) is 13.5. The number of aromatic amines is 1. The number of aliphatic hydroxyl groups is 1. The van der Waals surface area contributed by atoms with Crippen molar-refractivity contribution in [2.45, 2.75) is 77.4 Å². The first kappa shape index (κ1) is 30.1. The largest absolute Gasteiger partial charge is 0.463 e. The summed E-state index contributed by atoms with van der Waals surface area (Å²) in [5, 5.41) is 25.6. The van der Waals surface area contributed by atoms with Crippen LogP contribution in [0.15, 0.2) is 44.7 Å². The van der Waals surface area contributed by atoms with E-state index in [9.17, 15) is 29.5 Å². The van der Waals surface area contributed by atoms with Gasteiger partial charge in [-0.3, -0.25) is 23.9 Å². The van der Waals surface area contributed by atoms with Gasteiger partial charge in [0.1, 0.15) is 18.9 Å². The van der Waals surface area contributed by atoms with Crippen molar-refractivity contribution in [3.63, 3.8) is 0 Å². The summed E-state index contributed by atoms with van der Waals surface area (Å²) in [5.41, 5.74) is 8.14. The number of H-pyrrole nitrogens is 1. The third-order valence-electron chi connectivity index (χ3n) is 11.2. The van der Waals surface area contributed by atoms with Gasteiger partial charge in [-0.25, -0.2) is 4.79 Å². The number of allylic oxidation sites excluding steroid dienone is 4. The molecular formula is C31H36N6O7. The SMILES string of the molecule is Cc1cn(C2CC(N=[N+]=[N-])C(COC(=O)[C@H]3[C@@H](C#N)CC4[C@@H]5CCC6=CC(=O)C=C[C@]6(C)C5[C@@H](O)C[C@@]43C)O2)c(=O)[nH]c1=O. The van der Waals surface area contributed by atoms with Crippen molar-refractivity contribution in [3.8, 4) is 6.07 Å². The molecule has 0 amide bonds. The quantitative estimate of drug-likeness (QED) is 0.221. The highest BCUT2D eigenvalue weighted by Crippen LogP contribution is 2.67. The molecule has 11 atom stereocenters. The van der Waals surface area contributed by atoms with Crippen molar-refractivity contribution < 1.29 is 24.2 Å². The minimum atomic E-state index is -0.852. The van der Waals surface area contributed by atoms with Gasteiger partial charge in [0.15, 0.2) is 5.78 Å². The monoisotopic (exact) mass is 604 g/mol. The molecule has 1 saturated heterocycles. The number of hydrogen-bond acceptors (Lipinski definition) is 9. The van der Waals surface area contributed by atoms with Crippen LogP contribution in [0.5, 0.6) is 0 Å². The van der Waals surface area contributed by atoms with Crippen molar-refractivity contribution in [2.75, 3.05) is 6.61 Å². The maximum absolute atomic E-state index is 13.8.